The summed E-state index contributed by atoms with van der Waals surface area (Å²) in [5.74, 6) is -0.815. The molecule has 0 aliphatic carbocycles. The van der Waals surface area contributed by atoms with Crippen molar-refractivity contribution >= 4 is 22.7 Å². The number of nitrogens with zero attached hydrogens (tertiary/aromatic N) is 3. The van der Waals surface area contributed by atoms with Crippen LogP contribution in [0.25, 0.3) is 10.9 Å². The van der Waals surface area contributed by atoms with Gasteiger partial charge < -0.3 is 19.8 Å². The van der Waals surface area contributed by atoms with Crippen LogP contribution in [-0.4, -0.2) is 58.6 Å². The topological polar surface area (TPSA) is 95.8 Å². The minimum Gasteiger partial charge on any atom is -0.475 e. The summed E-state index contributed by atoms with van der Waals surface area (Å²) in [5, 5.41) is 19.2. The molecule has 2 N–H and O–H groups in total. The molecule has 1 aromatic carbocycles. The number of hydrogen-bond donors (Lipinski definition) is 2. The van der Waals surface area contributed by atoms with Crippen LogP contribution in [0, 0.1) is 0 Å². The number of anilines is 1. The normalized spacial score (nSPS) is 18.9. The van der Waals surface area contributed by atoms with Gasteiger partial charge in [-0.3, -0.25) is 0 Å². The van der Waals surface area contributed by atoms with Crippen LogP contribution in [0.3, 0.4) is 0 Å². The number of morpholine rings is 1. The monoisotopic (exact) mass is 289 g/mol. The second-order valence-corrected chi connectivity index (χ2v) is 4.81. The molecule has 1 fully saturated rings. The van der Waals surface area contributed by atoms with Crippen LogP contribution in [-0.2, 0) is 4.74 Å². The number of aromatic carboxylic acids is 1. The van der Waals surface area contributed by atoms with Gasteiger partial charge >= 0.3 is 5.97 Å². The van der Waals surface area contributed by atoms with Crippen LogP contribution in [0.1, 0.15) is 10.6 Å². The van der Waals surface area contributed by atoms with Crippen molar-refractivity contribution in [3.8, 4) is 0 Å². The number of rotatable bonds is 3. The van der Waals surface area contributed by atoms with E-state index in [1.54, 1.807) is 12.1 Å². The highest BCUT2D eigenvalue weighted by Crippen LogP contribution is 2.25. The summed E-state index contributed by atoms with van der Waals surface area (Å²) in [7, 11) is 0. The third-order valence-electron chi connectivity index (χ3n) is 3.42. The zero-order valence-electron chi connectivity index (χ0n) is 11.3. The molecule has 2 aromatic rings. The Morgan fingerprint density at radius 2 is 2.19 bits per heavy atom. The molecule has 1 unspecified atom stereocenters. The third kappa shape index (κ3) is 2.65. The van der Waals surface area contributed by atoms with E-state index in [1.807, 2.05) is 17.0 Å². The van der Waals surface area contributed by atoms with Gasteiger partial charge in [-0.25, -0.2) is 14.8 Å². The Labute approximate surface area is 120 Å². The molecule has 0 radical (unpaired) electrons. The van der Waals surface area contributed by atoms with Crippen LogP contribution >= 0.6 is 0 Å². The lowest BCUT2D eigenvalue weighted by Gasteiger charge is -2.33. The minimum absolute atomic E-state index is 0.0781. The lowest BCUT2D eigenvalue weighted by molar-refractivity contribution is 0.00342. The minimum atomic E-state index is -1.16. The fourth-order valence-corrected chi connectivity index (χ4v) is 2.42. The number of fused-ring (bicyclic) bond motifs is 1. The maximum absolute atomic E-state index is 11.2. The smallest absolute Gasteiger partial charge is 0.374 e. The number of hydrogen-bond acceptors (Lipinski definition) is 6. The van der Waals surface area contributed by atoms with E-state index in [4.69, 9.17) is 9.84 Å². The van der Waals surface area contributed by atoms with Crippen LogP contribution in [0.2, 0.25) is 0 Å². The molecular formula is C14H15N3O4. The molecule has 2 heterocycles. The number of benzene rings is 1. The van der Waals surface area contributed by atoms with E-state index in [2.05, 4.69) is 9.97 Å². The molecule has 1 atom stereocenters. The molecular weight excluding hydrogens is 274 g/mol. The first kappa shape index (κ1) is 13.7. The van der Waals surface area contributed by atoms with E-state index in [9.17, 15) is 9.90 Å². The molecule has 0 amide bonds. The van der Waals surface area contributed by atoms with Gasteiger partial charge in [0.2, 0.25) is 5.82 Å². The molecule has 21 heavy (non-hydrogen) atoms. The molecule has 110 valence electrons. The first-order valence-electron chi connectivity index (χ1n) is 6.66. The zero-order valence-corrected chi connectivity index (χ0v) is 11.3. The summed E-state index contributed by atoms with van der Waals surface area (Å²) in [6, 6.07) is 7.29. The molecule has 0 spiro atoms. The number of carbonyl (C=O) groups is 1. The van der Waals surface area contributed by atoms with E-state index in [-0.39, 0.29) is 18.5 Å². The Morgan fingerprint density at radius 1 is 1.38 bits per heavy atom. The Hall–Kier alpha value is -2.25. The summed E-state index contributed by atoms with van der Waals surface area (Å²) in [6.45, 7) is 1.45. The number of para-hydroxylation sites is 1. The van der Waals surface area contributed by atoms with Crippen molar-refractivity contribution < 1.29 is 19.7 Å². The second-order valence-electron chi connectivity index (χ2n) is 4.81. The van der Waals surface area contributed by atoms with E-state index < -0.39 is 5.97 Å². The van der Waals surface area contributed by atoms with Crippen molar-refractivity contribution in [3.05, 3.63) is 30.1 Å². The fourth-order valence-electron chi connectivity index (χ4n) is 2.42. The first-order chi connectivity index (χ1) is 10.2. The standard InChI is InChI=1S/C14H15N3O4/c18-8-9-7-17(5-6-21-9)13-10-3-1-2-4-11(10)15-12(16-13)14(19)20/h1-4,9,18H,5-8H2,(H,19,20). The van der Waals surface area contributed by atoms with Gasteiger partial charge in [-0.05, 0) is 12.1 Å². The number of carboxylic acids is 1. The number of aromatic nitrogens is 2. The second kappa shape index (κ2) is 5.63. The molecule has 1 aliphatic heterocycles. The average Bonchev–Trinajstić information content (AvgIpc) is 2.53. The first-order valence-corrected chi connectivity index (χ1v) is 6.66. The van der Waals surface area contributed by atoms with Crippen molar-refractivity contribution in [3.63, 3.8) is 0 Å². The van der Waals surface area contributed by atoms with E-state index >= 15 is 0 Å². The molecule has 1 aromatic heterocycles. The van der Waals surface area contributed by atoms with Crippen LogP contribution in [0.4, 0.5) is 5.82 Å². The Kier molecular flexibility index (Phi) is 3.68. The van der Waals surface area contributed by atoms with Crippen molar-refractivity contribution in [2.75, 3.05) is 31.2 Å². The number of carboxylic acid groups (broad SMARTS) is 1. The van der Waals surface area contributed by atoms with Crippen LogP contribution < -0.4 is 4.90 Å². The van der Waals surface area contributed by atoms with E-state index in [1.165, 1.54) is 0 Å². The maximum atomic E-state index is 11.2. The van der Waals surface area contributed by atoms with Crippen molar-refractivity contribution in [2.24, 2.45) is 0 Å². The van der Waals surface area contributed by atoms with Gasteiger partial charge in [0.1, 0.15) is 5.82 Å². The van der Waals surface area contributed by atoms with Gasteiger partial charge in [-0.1, -0.05) is 12.1 Å². The fraction of sp³-hybridized carbons (Fsp3) is 0.357. The molecule has 1 aliphatic rings. The highest BCUT2D eigenvalue weighted by molar-refractivity contribution is 5.93. The average molecular weight is 289 g/mol. The summed E-state index contributed by atoms with van der Waals surface area (Å²) < 4.78 is 5.42. The molecule has 0 bridgehead atoms. The van der Waals surface area contributed by atoms with Gasteiger partial charge in [-0.2, -0.15) is 0 Å². The Morgan fingerprint density at radius 3 is 2.95 bits per heavy atom. The SMILES string of the molecule is O=C(O)c1nc(N2CCOC(CO)C2)c2ccccc2n1. The third-order valence-corrected chi connectivity index (χ3v) is 3.42. The molecule has 0 saturated carbocycles. The predicted molar refractivity (Wildman–Crippen MR) is 75.5 cm³/mol. The molecule has 1 saturated heterocycles. The maximum Gasteiger partial charge on any atom is 0.374 e. The summed E-state index contributed by atoms with van der Waals surface area (Å²) in [4.78, 5) is 21.3. The van der Waals surface area contributed by atoms with Gasteiger partial charge in [0.25, 0.3) is 0 Å². The van der Waals surface area contributed by atoms with Gasteiger partial charge in [0.15, 0.2) is 0 Å². The highest BCUT2D eigenvalue weighted by Gasteiger charge is 2.24. The number of ether oxygens (including phenoxy) is 1. The number of aliphatic hydroxyl groups is 1. The number of aliphatic hydroxyl groups excluding tert-OH is 1. The summed E-state index contributed by atoms with van der Waals surface area (Å²) in [6.07, 6.45) is -0.291. The van der Waals surface area contributed by atoms with Gasteiger partial charge in [-0.15, -0.1) is 0 Å². The van der Waals surface area contributed by atoms with Gasteiger partial charge in [0, 0.05) is 18.5 Å². The lowest BCUT2D eigenvalue weighted by Crippen LogP contribution is -2.44. The quantitative estimate of drug-likeness (QED) is 0.850. The Balaban J connectivity index is 2.09. The largest absolute Gasteiger partial charge is 0.475 e. The molecule has 3 rings (SSSR count). The van der Waals surface area contributed by atoms with E-state index in [0.29, 0.717) is 31.0 Å². The zero-order chi connectivity index (χ0) is 14.8. The van der Waals surface area contributed by atoms with Crippen molar-refractivity contribution in [1.29, 1.82) is 0 Å². The Bertz CT molecular complexity index is 676. The highest BCUT2D eigenvalue weighted by atomic mass is 16.5. The van der Waals surface area contributed by atoms with Crippen molar-refractivity contribution in [1.82, 2.24) is 9.97 Å². The predicted octanol–water partition coefficient (Wildman–Crippen LogP) is 0.525. The summed E-state index contributed by atoms with van der Waals surface area (Å²) in [5.41, 5.74) is 0.590. The lowest BCUT2D eigenvalue weighted by atomic mass is 10.2. The van der Waals surface area contributed by atoms with E-state index in [0.717, 1.165) is 5.39 Å². The van der Waals surface area contributed by atoms with Crippen LogP contribution in [0.15, 0.2) is 24.3 Å². The van der Waals surface area contributed by atoms with Gasteiger partial charge in [0.05, 0.1) is 24.8 Å². The van der Waals surface area contributed by atoms with Crippen LogP contribution in [0.5, 0.6) is 0 Å². The van der Waals surface area contributed by atoms with Crippen molar-refractivity contribution in [2.45, 2.75) is 6.10 Å². The molecule has 7 nitrogen and oxygen atoms in total. The summed E-state index contributed by atoms with van der Waals surface area (Å²) >= 11 is 0. The molecule has 7 heteroatoms.